The van der Waals surface area contributed by atoms with Gasteiger partial charge in [0.1, 0.15) is 6.10 Å². The molecule has 4 atom stereocenters. The fraction of sp³-hybridized carbons (Fsp3) is 0.550. The van der Waals surface area contributed by atoms with Crippen LogP contribution in [0.15, 0.2) is 30.3 Å². The van der Waals surface area contributed by atoms with Crippen LogP contribution in [0.25, 0.3) is 0 Å². The van der Waals surface area contributed by atoms with Gasteiger partial charge in [0.2, 0.25) is 0 Å². The molecule has 154 valence electrons. The van der Waals surface area contributed by atoms with Gasteiger partial charge >= 0.3 is 29.6 Å². The third kappa shape index (κ3) is 8.54. The van der Waals surface area contributed by atoms with Crippen LogP contribution in [0.3, 0.4) is 0 Å². The minimum Gasteiger partial charge on any atom is -0.547 e. The van der Waals surface area contributed by atoms with Crippen molar-refractivity contribution in [2.75, 3.05) is 13.2 Å². The van der Waals surface area contributed by atoms with E-state index in [0.29, 0.717) is 13.0 Å². The molecule has 3 N–H and O–H groups in total. The number of nitrogens with two attached hydrogens (primary N) is 1. The number of unbranched alkanes of at least 4 members (excludes halogenated alkanes) is 1. The van der Waals surface area contributed by atoms with E-state index in [-0.39, 0.29) is 48.4 Å². The largest absolute Gasteiger partial charge is 1.00 e. The third-order valence-corrected chi connectivity index (χ3v) is 4.50. The second kappa shape index (κ2) is 13.1. The number of carbonyl (C=O) groups excluding carboxylic acids is 3. The average Bonchev–Trinajstić information content (AvgIpc) is 3.48. The van der Waals surface area contributed by atoms with Crippen molar-refractivity contribution in [1.82, 2.24) is 5.32 Å². The van der Waals surface area contributed by atoms with Gasteiger partial charge < -0.3 is 30.4 Å². The van der Waals surface area contributed by atoms with E-state index in [2.05, 4.69) is 5.32 Å². The first-order chi connectivity index (χ1) is 13.4. The fourth-order valence-corrected chi connectivity index (χ4v) is 2.81. The van der Waals surface area contributed by atoms with Crippen LogP contribution in [0.2, 0.25) is 0 Å². The normalized spacial score (nSPS) is 19.5. The third-order valence-electron chi connectivity index (χ3n) is 4.50. The predicted molar refractivity (Wildman–Crippen MR) is 99.1 cm³/mol. The zero-order valence-electron chi connectivity index (χ0n) is 17.0. The predicted octanol–water partition coefficient (Wildman–Crippen LogP) is -3.66. The minimum atomic E-state index is -1.45. The maximum absolute atomic E-state index is 12.8. The molecule has 2 rings (SSSR count). The van der Waals surface area contributed by atoms with Gasteiger partial charge in [-0.25, -0.2) is 0 Å². The Morgan fingerprint density at radius 1 is 1.21 bits per heavy atom. The number of ketones is 1. The molecular formula is C20H27N2NaO6. The van der Waals surface area contributed by atoms with Gasteiger partial charge in [-0.05, 0) is 24.8 Å². The molecule has 1 amide bonds. The van der Waals surface area contributed by atoms with Crippen LogP contribution in [0.1, 0.15) is 31.7 Å². The number of rotatable bonds is 13. The topological polar surface area (TPSA) is 134 Å². The number of carboxylic acid groups (broad SMARTS) is 1. The second-order valence-electron chi connectivity index (χ2n) is 6.81. The Bertz CT molecular complexity index is 672. The van der Waals surface area contributed by atoms with Crippen molar-refractivity contribution >= 4 is 17.7 Å². The van der Waals surface area contributed by atoms with Crippen LogP contribution in [0, 0.1) is 0 Å². The van der Waals surface area contributed by atoms with E-state index in [1.807, 2.05) is 37.3 Å². The van der Waals surface area contributed by atoms with Crippen molar-refractivity contribution in [2.24, 2.45) is 5.73 Å². The fourth-order valence-electron chi connectivity index (χ4n) is 2.81. The quantitative estimate of drug-likeness (QED) is 0.193. The molecule has 9 heteroatoms. The van der Waals surface area contributed by atoms with Crippen LogP contribution in [0.5, 0.6) is 0 Å². The number of ether oxygens (including phenoxy) is 2. The van der Waals surface area contributed by atoms with Crippen LogP contribution in [-0.2, 0) is 30.3 Å². The van der Waals surface area contributed by atoms with Crippen molar-refractivity contribution < 1.29 is 58.5 Å². The first-order valence-corrected chi connectivity index (χ1v) is 9.51. The molecule has 1 aliphatic heterocycles. The van der Waals surface area contributed by atoms with Gasteiger partial charge in [0.15, 0.2) is 11.9 Å². The van der Waals surface area contributed by atoms with Crippen LogP contribution in [-0.4, -0.2) is 55.2 Å². The Hall–Kier alpha value is -1.29. The molecule has 0 aliphatic carbocycles. The molecule has 29 heavy (non-hydrogen) atoms. The molecule has 1 unspecified atom stereocenters. The zero-order valence-corrected chi connectivity index (χ0v) is 19.0. The molecule has 0 spiro atoms. The number of carboxylic acids is 1. The molecule has 1 saturated heterocycles. The standard InChI is InChI=1S/C20H28N2O6.Na/c1-2-3-10-27-11-9-15(22-19(24)17-18(28-17)20(25)26)16(23)14(21)12-13-7-5-4-6-8-13;/h4-8,14-15,17-18H,2-3,9-12,21H2,1H3,(H,22,24)(H,25,26);/q;+1/p-1/t14-,15?,17-,18-;/m0./s1. The molecular weight excluding hydrogens is 387 g/mol. The van der Waals surface area contributed by atoms with Crippen LogP contribution < -0.4 is 45.7 Å². The Labute approximate surface area is 192 Å². The SMILES string of the molecule is CCCCOCCC(NC(=O)[C@H]1O[C@@H]1C(=O)[O-])C(=O)[C@@H](N)Cc1ccccc1.[Na+]. The minimum absolute atomic E-state index is 0. The average molecular weight is 414 g/mol. The van der Waals surface area contributed by atoms with E-state index in [0.717, 1.165) is 18.4 Å². The number of Topliss-reactive ketones (excluding diaryl/α,β-unsaturated/α-hetero) is 1. The monoisotopic (exact) mass is 414 g/mol. The summed E-state index contributed by atoms with van der Waals surface area (Å²) in [5.74, 6) is -2.44. The number of hydrogen-bond acceptors (Lipinski definition) is 7. The van der Waals surface area contributed by atoms with E-state index in [9.17, 15) is 19.5 Å². The summed E-state index contributed by atoms with van der Waals surface area (Å²) in [5, 5.41) is 13.3. The summed E-state index contributed by atoms with van der Waals surface area (Å²) < 4.78 is 10.3. The van der Waals surface area contributed by atoms with E-state index in [1.165, 1.54) is 0 Å². The zero-order chi connectivity index (χ0) is 20.5. The van der Waals surface area contributed by atoms with Crippen molar-refractivity contribution in [1.29, 1.82) is 0 Å². The second-order valence-corrected chi connectivity index (χ2v) is 6.81. The molecule has 1 heterocycles. The maximum Gasteiger partial charge on any atom is 1.00 e. The van der Waals surface area contributed by atoms with Gasteiger partial charge in [-0.1, -0.05) is 43.7 Å². The Balaban J connectivity index is 0.00000420. The van der Waals surface area contributed by atoms with E-state index < -0.39 is 36.2 Å². The van der Waals surface area contributed by atoms with Crippen molar-refractivity contribution in [3.8, 4) is 0 Å². The number of hydrogen-bond donors (Lipinski definition) is 2. The molecule has 1 aromatic rings. The summed E-state index contributed by atoms with van der Waals surface area (Å²) in [7, 11) is 0. The van der Waals surface area contributed by atoms with Gasteiger partial charge in [0.25, 0.3) is 5.91 Å². The summed E-state index contributed by atoms with van der Waals surface area (Å²) in [5.41, 5.74) is 6.98. The van der Waals surface area contributed by atoms with Crippen molar-refractivity contribution in [2.45, 2.75) is 56.9 Å². The number of epoxide rings is 1. The number of carbonyl (C=O) groups is 3. The number of nitrogens with one attached hydrogen (secondary N) is 1. The Kier molecular flexibility index (Phi) is 11.6. The van der Waals surface area contributed by atoms with E-state index in [1.54, 1.807) is 0 Å². The first kappa shape index (κ1) is 25.7. The van der Waals surface area contributed by atoms with Crippen LogP contribution in [0.4, 0.5) is 0 Å². The molecule has 0 bridgehead atoms. The van der Waals surface area contributed by atoms with Gasteiger partial charge in [-0.3, -0.25) is 9.59 Å². The van der Waals surface area contributed by atoms with Crippen LogP contribution >= 0.6 is 0 Å². The van der Waals surface area contributed by atoms with Gasteiger partial charge in [0, 0.05) is 13.2 Å². The smallest absolute Gasteiger partial charge is 0.547 e. The number of amides is 1. The first-order valence-electron chi connectivity index (χ1n) is 9.51. The molecule has 0 saturated carbocycles. The molecule has 8 nitrogen and oxygen atoms in total. The van der Waals surface area contributed by atoms with E-state index >= 15 is 0 Å². The summed E-state index contributed by atoms with van der Waals surface area (Å²) >= 11 is 0. The number of benzene rings is 1. The Morgan fingerprint density at radius 2 is 1.90 bits per heavy atom. The molecule has 0 radical (unpaired) electrons. The molecule has 1 aromatic carbocycles. The summed E-state index contributed by atoms with van der Waals surface area (Å²) in [6.07, 6.45) is 0.0807. The van der Waals surface area contributed by atoms with Gasteiger partial charge in [-0.15, -0.1) is 0 Å². The molecule has 0 aromatic heterocycles. The van der Waals surface area contributed by atoms with Crippen molar-refractivity contribution in [3.63, 3.8) is 0 Å². The Morgan fingerprint density at radius 3 is 2.48 bits per heavy atom. The number of aliphatic carboxylic acids is 1. The van der Waals surface area contributed by atoms with Gasteiger partial charge in [-0.2, -0.15) is 0 Å². The van der Waals surface area contributed by atoms with Gasteiger partial charge in [0.05, 0.1) is 18.1 Å². The summed E-state index contributed by atoms with van der Waals surface area (Å²) in [6.45, 7) is 2.89. The molecule has 1 aliphatic rings. The van der Waals surface area contributed by atoms with Crippen molar-refractivity contribution in [3.05, 3.63) is 35.9 Å². The summed E-state index contributed by atoms with van der Waals surface area (Å²) in [6, 6.07) is 7.65. The summed E-state index contributed by atoms with van der Waals surface area (Å²) in [4.78, 5) is 35.7. The molecule has 1 fully saturated rings. The maximum atomic E-state index is 12.8. The van der Waals surface area contributed by atoms with E-state index in [4.69, 9.17) is 15.2 Å².